The molecule has 13 heavy (non-hydrogen) atoms. The molecule has 0 aliphatic heterocycles. The second kappa shape index (κ2) is 3.97. The molecule has 0 saturated heterocycles. The second-order valence-electron chi connectivity index (χ2n) is 3.90. The average molecular weight is 179 g/mol. The largest absolute Gasteiger partial charge is 0.469 e. The van der Waals surface area contributed by atoms with Crippen LogP contribution in [0.15, 0.2) is 22.8 Å². The molecule has 0 bridgehead atoms. The van der Waals surface area contributed by atoms with Crippen molar-refractivity contribution in [2.24, 2.45) is 11.7 Å². The van der Waals surface area contributed by atoms with E-state index in [0.717, 1.165) is 12.3 Å². The lowest BCUT2D eigenvalue weighted by Gasteiger charge is -2.28. The summed E-state index contributed by atoms with van der Waals surface area (Å²) >= 11 is 0. The Morgan fingerprint density at radius 1 is 1.38 bits per heavy atom. The van der Waals surface area contributed by atoms with E-state index in [2.05, 4.69) is 6.07 Å². The maximum Gasteiger partial charge on any atom is 0.107 e. The fourth-order valence-electron chi connectivity index (χ4n) is 2.37. The Balaban J connectivity index is 2.11. The monoisotopic (exact) mass is 179 g/mol. The molecule has 1 heterocycles. The summed E-state index contributed by atoms with van der Waals surface area (Å²) in [7, 11) is 0. The minimum Gasteiger partial charge on any atom is -0.469 e. The Kier molecular flexibility index (Phi) is 2.69. The predicted octanol–water partition coefficient (Wildman–Crippen LogP) is 2.51. The summed E-state index contributed by atoms with van der Waals surface area (Å²) in [6.07, 6.45) is 6.93. The second-order valence-corrected chi connectivity index (χ2v) is 3.90. The van der Waals surface area contributed by atoms with Gasteiger partial charge in [-0.3, -0.25) is 0 Å². The number of rotatable bonds is 2. The van der Waals surface area contributed by atoms with Gasteiger partial charge in [0.1, 0.15) is 5.76 Å². The third-order valence-corrected chi connectivity index (χ3v) is 3.12. The molecule has 2 nitrogen and oxygen atoms in total. The first-order chi connectivity index (χ1) is 6.42. The van der Waals surface area contributed by atoms with E-state index in [-0.39, 0.29) is 0 Å². The highest BCUT2D eigenvalue weighted by Gasteiger charge is 2.26. The summed E-state index contributed by atoms with van der Waals surface area (Å²) in [5, 5.41) is 0. The zero-order chi connectivity index (χ0) is 9.10. The molecule has 0 amide bonds. The lowest BCUT2D eigenvalue weighted by molar-refractivity contribution is 0.278. The van der Waals surface area contributed by atoms with Crippen LogP contribution in [0.1, 0.15) is 37.4 Å². The molecule has 0 spiro atoms. The maximum atomic E-state index is 5.76. The number of furan rings is 1. The summed E-state index contributed by atoms with van der Waals surface area (Å²) < 4.78 is 5.45. The fourth-order valence-corrected chi connectivity index (χ4v) is 2.37. The van der Waals surface area contributed by atoms with Crippen LogP contribution in [0.5, 0.6) is 0 Å². The highest BCUT2D eigenvalue weighted by atomic mass is 16.3. The van der Waals surface area contributed by atoms with Gasteiger partial charge in [0.2, 0.25) is 0 Å². The Labute approximate surface area is 79.1 Å². The zero-order valence-electron chi connectivity index (χ0n) is 7.91. The Morgan fingerprint density at radius 3 is 2.92 bits per heavy atom. The standard InChI is InChI=1S/C11H17NO/c12-8-9-4-1-2-5-10(9)11-6-3-7-13-11/h3,6-7,9-10H,1-2,4-5,8,12H2. The maximum absolute atomic E-state index is 5.76. The van der Waals surface area contributed by atoms with Crippen molar-refractivity contribution in [3.63, 3.8) is 0 Å². The minimum absolute atomic E-state index is 0.578. The molecular formula is C11H17NO. The van der Waals surface area contributed by atoms with E-state index in [1.54, 1.807) is 6.26 Å². The van der Waals surface area contributed by atoms with Crippen molar-refractivity contribution in [2.45, 2.75) is 31.6 Å². The molecule has 1 fully saturated rings. The molecule has 2 rings (SSSR count). The van der Waals surface area contributed by atoms with E-state index < -0.39 is 0 Å². The van der Waals surface area contributed by atoms with Crippen LogP contribution in [-0.2, 0) is 0 Å². The third kappa shape index (κ3) is 1.78. The fraction of sp³-hybridized carbons (Fsp3) is 0.636. The lowest BCUT2D eigenvalue weighted by atomic mass is 9.78. The van der Waals surface area contributed by atoms with Crippen LogP contribution < -0.4 is 5.73 Å². The van der Waals surface area contributed by atoms with E-state index in [1.807, 2.05) is 6.07 Å². The Bertz CT molecular complexity index is 243. The minimum atomic E-state index is 0.578. The van der Waals surface area contributed by atoms with Gasteiger partial charge in [-0.05, 0) is 37.4 Å². The summed E-state index contributed by atoms with van der Waals surface area (Å²) in [5.74, 6) is 2.35. The van der Waals surface area contributed by atoms with Crippen molar-refractivity contribution in [3.05, 3.63) is 24.2 Å². The summed E-state index contributed by atoms with van der Waals surface area (Å²) in [6.45, 7) is 0.797. The Morgan fingerprint density at radius 2 is 2.23 bits per heavy atom. The quantitative estimate of drug-likeness (QED) is 0.757. The molecule has 72 valence electrons. The summed E-state index contributed by atoms with van der Waals surface area (Å²) in [5.41, 5.74) is 5.76. The Hall–Kier alpha value is -0.760. The van der Waals surface area contributed by atoms with Gasteiger partial charge in [-0.2, -0.15) is 0 Å². The van der Waals surface area contributed by atoms with Gasteiger partial charge in [0.05, 0.1) is 6.26 Å². The van der Waals surface area contributed by atoms with E-state index >= 15 is 0 Å². The van der Waals surface area contributed by atoms with E-state index in [4.69, 9.17) is 10.2 Å². The lowest BCUT2D eigenvalue weighted by Crippen LogP contribution is -2.24. The molecule has 2 heteroatoms. The SMILES string of the molecule is NCC1CCCCC1c1ccco1. The van der Waals surface area contributed by atoms with Gasteiger partial charge in [0.15, 0.2) is 0 Å². The molecule has 2 unspecified atom stereocenters. The molecule has 1 aromatic heterocycles. The van der Waals surface area contributed by atoms with Gasteiger partial charge in [-0.25, -0.2) is 0 Å². The predicted molar refractivity (Wildman–Crippen MR) is 52.5 cm³/mol. The van der Waals surface area contributed by atoms with Gasteiger partial charge in [-0.15, -0.1) is 0 Å². The molecule has 1 aliphatic carbocycles. The van der Waals surface area contributed by atoms with Crippen LogP contribution in [0.2, 0.25) is 0 Å². The number of nitrogens with two attached hydrogens (primary N) is 1. The van der Waals surface area contributed by atoms with Crippen molar-refractivity contribution in [2.75, 3.05) is 6.54 Å². The molecule has 0 aromatic carbocycles. The van der Waals surface area contributed by atoms with Gasteiger partial charge >= 0.3 is 0 Å². The smallest absolute Gasteiger partial charge is 0.107 e. The van der Waals surface area contributed by atoms with Crippen LogP contribution in [-0.4, -0.2) is 6.54 Å². The molecule has 2 atom stereocenters. The topological polar surface area (TPSA) is 39.2 Å². The van der Waals surface area contributed by atoms with Crippen LogP contribution in [0.4, 0.5) is 0 Å². The van der Waals surface area contributed by atoms with Crippen LogP contribution in [0.3, 0.4) is 0 Å². The molecule has 1 aliphatic rings. The number of hydrogen-bond donors (Lipinski definition) is 1. The van der Waals surface area contributed by atoms with Crippen molar-refractivity contribution < 1.29 is 4.42 Å². The van der Waals surface area contributed by atoms with Crippen LogP contribution >= 0.6 is 0 Å². The first-order valence-electron chi connectivity index (χ1n) is 5.15. The van der Waals surface area contributed by atoms with Crippen molar-refractivity contribution in [1.29, 1.82) is 0 Å². The van der Waals surface area contributed by atoms with Crippen LogP contribution in [0, 0.1) is 5.92 Å². The van der Waals surface area contributed by atoms with Crippen molar-refractivity contribution in [1.82, 2.24) is 0 Å². The van der Waals surface area contributed by atoms with E-state index in [9.17, 15) is 0 Å². The van der Waals surface area contributed by atoms with Crippen LogP contribution in [0.25, 0.3) is 0 Å². The number of hydrogen-bond acceptors (Lipinski definition) is 2. The molecule has 1 aromatic rings. The van der Waals surface area contributed by atoms with E-state index in [1.165, 1.54) is 25.7 Å². The molecule has 1 saturated carbocycles. The van der Waals surface area contributed by atoms with Crippen molar-refractivity contribution in [3.8, 4) is 0 Å². The average Bonchev–Trinajstić information content (AvgIpc) is 2.70. The summed E-state index contributed by atoms with van der Waals surface area (Å²) in [4.78, 5) is 0. The molecule has 0 radical (unpaired) electrons. The highest BCUT2D eigenvalue weighted by molar-refractivity contribution is 5.08. The summed E-state index contributed by atoms with van der Waals surface area (Å²) in [6, 6.07) is 4.05. The van der Waals surface area contributed by atoms with E-state index in [0.29, 0.717) is 11.8 Å². The van der Waals surface area contributed by atoms with Gasteiger partial charge in [0.25, 0.3) is 0 Å². The molecular weight excluding hydrogens is 162 g/mol. The zero-order valence-corrected chi connectivity index (χ0v) is 7.91. The van der Waals surface area contributed by atoms with Gasteiger partial charge < -0.3 is 10.2 Å². The highest BCUT2D eigenvalue weighted by Crippen LogP contribution is 2.37. The third-order valence-electron chi connectivity index (χ3n) is 3.12. The molecule has 2 N–H and O–H groups in total. The normalized spacial score (nSPS) is 29.0. The van der Waals surface area contributed by atoms with Crippen molar-refractivity contribution >= 4 is 0 Å². The van der Waals surface area contributed by atoms with Gasteiger partial charge in [0, 0.05) is 5.92 Å². The van der Waals surface area contributed by atoms with Gasteiger partial charge in [-0.1, -0.05) is 12.8 Å². The first-order valence-corrected chi connectivity index (χ1v) is 5.15. The first kappa shape index (κ1) is 8.82.